The summed E-state index contributed by atoms with van der Waals surface area (Å²) in [7, 11) is 1.61. The van der Waals surface area contributed by atoms with Crippen molar-refractivity contribution in [2.75, 3.05) is 18.5 Å². The van der Waals surface area contributed by atoms with Crippen molar-refractivity contribution in [1.29, 1.82) is 0 Å². The lowest BCUT2D eigenvalue weighted by atomic mass is 10.6. The number of rotatable bonds is 5. The van der Waals surface area contributed by atoms with E-state index in [2.05, 4.69) is 20.1 Å². The molecule has 0 fully saturated rings. The Morgan fingerprint density at radius 3 is 2.87 bits per heavy atom. The molecule has 0 bridgehead atoms. The molecule has 1 rings (SSSR count). The molecule has 8 heteroatoms. The van der Waals surface area contributed by atoms with Crippen LogP contribution in [0, 0.1) is 0 Å². The third-order valence-corrected chi connectivity index (χ3v) is 1.42. The molecule has 15 heavy (non-hydrogen) atoms. The zero-order valence-electron chi connectivity index (χ0n) is 8.01. The molecular formula is C7H10N4O4. The average molecular weight is 214 g/mol. The topological polar surface area (TPSA) is 106 Å². The maximum absolute atomic E-state index is 11.1. The molecule has 8 nitrogen and oxygen atoms in total. The first-order valence-electron chi connectivity index (χ1n) is 4.03. The second-order valence-electron chi connectivity index (χ2n) is 2.64. The second kappa shape index (κ2) is 5.05. The minimum absolute atomic E-state index is 0.277. The number of carbonyl (C=O) groups excluding carboxylic acids is 1. The fourth-order valence-electron chi connectivity index (χ4n) is 0.801. The summed E-state index contributed by atoms with van der Waals surface area (Å²) in [4.78, 5) is 24.9. The summed E-state index contributed by atoms with van der Waals surface area (Å²) in [6.07, 6.45) is 1.29. The first kappa shape index (κ1) is 11.1. The maximum atomic E-state index is 11.1. The normalized spacial score (nSPS) is 9.93. The van der Waals surface area contributed by atoms with Gasteiger partial charge in [-0.15, -0.1) is 0 Å². The minimum atomic E-state index is -1.12. The van der Waals surface area contributed by atoms with Crippen LogP contribution < -0.4 is 5.32 Å². The van der Waals surface area contributed by atoms with E-state index in [-0.39, 0.29) is 12.6 Å². The summed E-state index contributed by atoms with van der Waals surface area (Å²) >= 11 is 0. The van der Waals surface area contributed by atoms with Crippen LogP contribution in [-0.4, -0.2) is 45.0 Å². The van der Waals surface area contributed by atoms with Gasteiger partial charge in [0.15, 0.2) is 0 Å². The predicted molar refractivity (Wildman–Crippen MR) is 48.1 cm³/mol. The number of aromatic nitrogens is 3. The Labute approximate surface area is 84.9 Å². The van der Waals surface area contributed by atoms with Crippen LogP contribution in [0.15, 0.2) is 6.33 Å². The molecular weight excluding hydrogens is 204 g/mol. The molecule has 0 aliphatic heterocycles. The molecule has 1 aromatic rings. The van der Waals surface area contributed by atoms with Crippen molar-refractivity contribution in [2.24, 2.45) is 7.05 Å². The van der Waals surface area contributed by atoms with Crippen LogP contribution >= 0.6 is 0 Å². The van der Waals surface area contributed by atoms with E-state index in [0.29, 0.717) is 0 Å². The zero-order chi connectivity index (χ0) is 11.3. The Balaban J connectivity index is 2.31. The van der Waals surface area contributed by atoms with E-state index in [4.69, 9.17) is 5.11 Å². The first-order chi connectivity index (χ1) is 7.09. The number of carboxylic acid groups (broad SMARTS) is 1. The number of aliphatic carboxylic acids is 1. The van der Waals surface area contributed by atoms with Gasteiger partial charge >= 0.3 is 5.97 Å². The Morgan fingerprint density at radius 1 is 1.60 bits per heavy atom. The highest BCUT2D eigenvalue weighted by atomic mass is 16.5. The largest absolute Gasteiger partial charge is 0.480 e. The molecule has 0 aliphatic carbocycles. The lowest BCUT2D eigenvalue weighted by Gasteiger charge is -2.03. The monoisotopic (exact) mass is 214 g/mol. The molecule has 0 saturated carbocycles. The SMILES string of the molecule is Cn1ncnc1NC(=O)COCC(=O)O. The van der Waals surface area contributed by atoms with E-state index in [9.17, 15) is 9.59 Å². The van der Waals surface area contributed by atoms with E-state index in [0.717, 1.165) is 0 Å². The van der Waals surface area contributed by atoms with Crippen molar-refractivity contribution in [2.45, 2.75) is 0 Å². The lowest BCUT2D eigenvalue weighted by Crippen LogP contribution is -2.22. The highest BCUT2D eigenvalue weighted by Gasteiger charge is 2.07. The summed E-state index contributed by atoms with van der Waals surface area (Å²) in [5.41, 5.74) is 0. The summed E-state index contributed by atoms with van der Waals surface area (Å²) in [5, 5.41) is 14.4. The molecule has 1 amide bonds. The number of carboxylic acids is 1. The number of amides is 1. The van der Waals surface area contributed by atoms with E-state index in [1.807, 2.05) is 0 Å². The van der Waals surface area contributed by atoms with Crippen molar-refractivity contribution in [3.8, 4) is 0 Å². The van der Waals surface area contributed by atoms with Gasteiger partial charge in [-0.05, 0) is 0 Å². The average Bonchev–Trinajstić information content (AvgIpc) is 2.51. The molecule has 0 aromatic carbocycles. The molecule has 0 aliphatic rings. The predicted octanol–water partition coefficient (Wildman–Crippen LogP) is -1.15. The van der Waals surface area contributed by atoms with Gasteiger partial charge < -0.3 is 9.84 Å². The Bertz CT molecular complexity index is 362. The molecule has 82 valence electrons. The van der Waals surface area contributed by atoms with Gasteiger partial charge in [-0.25, -0.2) is 9.48 Å². The summed E-state index contributed by atoms with van der Waals surface area (Å²) in [6, 6.07) is 0. The fraction of sp³-hybridized carbons (Fsp3) is 0.429. The Hall–Kier alpha value is -1.96. The number of aryl methyl sites for hydroxylation is 1. The van der Waals surface area contributed by atoms with Gasteiger partial charge in [0.2, 0.25) is 5.95 Å². The van der Waals surface area contributed by atoms with Gasteiger partial charge in [-0.3, -0.25) is 10.1 Å². The molecule has 0 saturated heterocycles. The van der Waals surface area contributed by atoms with E-state index in [1.165, 1.54) is 11.0 Å². The van der Waals surface area contributed by atoms with Crippen LogP contribution in [0.5, 0.6) is 0 Å². The molecule has 1 aromatic heterocycles. The zero-order valence-corrected chi connectivity index (χ0v) is 8.01. The molecule has 0 spiro atoms. The number of anilines is 1. The standard InChI is InChI=1S/C7H10N4O4/c1-11-7(8-4-9-11)10-5(12)2-15-3-6(13)14/h4H,2-3H2,1H3,(H,13,14)(H,8,9,10,12). The van der Waals surface area contributed by atoms with Gasteiger partial charge in [0.25, 0.3) is 5.91 Å². The second-order valence-corrected chi connectivity index (χ2v) is 2.64. The fourth-order valence-corrected chi connectivity index (χ4v) is 0.801. The molecule has 2 N–H and O–H groups in total. The van der Waals surface area contributed by atoms with Crippen LogP contribution in [0.2, 0.25) is 0 Å². The van der Waals surface area contributed by atoms with Crippen molar-refractivity contribution in [3.05, 3.63) is 6.33 Å². The van der Waals surface area contributed by atoms with Crippen LogP contribution in [0.25, 0.3) is 0 Å². The van der Waals surface area contributed by atoms with Crippen molar-refractivity contribution in [3.63, 3.8) is 0 Å². The summed E-state index contributed by atoms with van der Waals surface area (Å²) in [5.74, 6) is -1.33. The maximum Gasteiger partial charge on any atom is 0.329 e. The number of nitrogens with one attached hydrogen (secondary N) is 1. The highest BCUT2D eigenvalue weighted by Crippen LogP contribution is 1.96. The molecule has 0 radical (unpaired) electrons. The number of nitrogens with zero attached hydrogens (tertiary/aromatic N) is 3. The van der Waals surface area contributed by atoms with Gasteiger partial charge in [0.05, 0.1) is 0 Å². The van der Waals surface area contributed by atoms with Crippen LogP contribution in [0.1, 0.15) is 0 Å². The van der Waals surface area contributed by atoms with Crippen LogP contribution in [0.3, 0.4) is 0 Å². The van der Waals surface area contributed by atoms with E-state index < -0.39 is 18.5 Å². The molecule has 0 atom stereocenters. The van der Waals surface area contributed by atoms with Crippen molar-refractivity contribution < 1.29 is 19.4 Å². The summed E-state index contributed by atoms with van der Waals surface area (Å²) in [6.45, 7) is -0.842. The highest BCUT2D eigenvalue weighted by molar-refractivity contribution is 5.90. The van der Waals surface area contributed by atoms with Gasteiger partial charge in [-0.2, -0.15) is 10.1 Å². The number of ether oxygens (including phenoxy) is 1. The number of carbonyl (C=O) groups is 2. The van der Waals surface area contributed by atoms with Gasteiger partial charge in [0.1, 0.15) is 19.5 Å². The quantitative estimate of drug-likeness (QED) is 0.641. The number of hydrogen-bond donors (Lipinski definition) is 2. The smallest absolute Gasteiger partial charge is 0.329 e. The van der Waals surface area contributed by atoms with Gasteiger partial charge in [-0.1, -0.05) is 0 Å². The van der Waals surface area contributed by atoms with Crippen molar-refractivity contribution >= 4 is 17.8 Å². The molecule has 0 unspecified atom stereocenters. The number of hydrogen-bond acceptors (Lipinski definition) is 5. The Morgan fingerprint density at radius 2 is 2.33 bits per heavy atom. The third kappa shape index (κ3) is 3.73. The minimum Gasteiger partial charge on any atom is -0.480 e. The lowest BCUT2D eigenvalue weighted by molar-refractivity contribution is -0.143. The van der Waals surface area contributed by atoms with Crippen LogP contribution in [0.4, 0.5) is 5.95 Å². The van der Waals surface area contributed by atoms with Crippen molar-refractivity contribution in [1.82, 2.24) is 14.8 Å². The summed E-state index contributed by atoms with van der Waals surface area (Å²) < 4.78 is 5.95. The van der Waals surface area contributed by atoms with E-state index in [1.54, 1.807) is 7.05 Å². The third-order valence-electron chi connectivity index (χ3n) is 1.42. The van der Waals surface area contributed by atoms with Gasteiger partial charge in [0, 0.05) is 7.05 Å². The Kier molecular flexibility index (Phi) is 3.75. The van der Waals surface area contributed by atoms with Crippen LogP contribution in [-0.2, 0) is 21.4 Å². The van der Waals surface area contributed by atoms with E-state index >= 15 is 0 Å². The molecule has 1 heterocycles. The first-order valence-corrected chi connectivity index (χ1v) is 4.03.